The molecule has 5 nitrogen and oxygen atoms in total. The number of rotatable bonds is 4. The van der Waals surface area contributed by atoms with E-state index in [1.807, 2.05) is 6.07 Å². The van der Waals surface area contributed by atoms with Gasteiger partial charge in [0.15, 0.2) is 0 Å². The molecule has 0 atom stereocenters. The molecule has 0 bridgehead atoms. The summed E-state index contributed by atoms with van der Waals surface area (Å²) in [5.41, 5.74) is 1.56. The van der Waals surface area contributed by atoms with Crippen LogP contribution >= 0.6 is 11.6 Å². The summed E-state index contributed by atoms with van der Waals surface area (Å²) in [4.78, 5) is 24.0. The normalized spacial score (nSPS) is 10.1. The van der Waals surface area contributed by atoms with E-state index in [4.69, 9.17) is 11.6 Å². The summed E-state index contributed by atoms with van der Waals surface area (Å²) in [5.74, 6) is -0.834. The predicted octanol–water partition coefficient (Wildman–Crippen LogP) is 3.17. The molecule has 0 spiro atoms. The summed E-state index contributed by atoms with van der Waals surface area (Å²) in [6, 6.07) is 10.9. The number of carbonyl (C=O) groups excluding carboxylic acids is 2. The van der Waals surface area contributed by atoms with Crippen molar-refractivity contribution >= 4 is 29.2 Å². The van der Waals surface area contributed by atoms with Crippen LogP contribution < -0.4 is 5.32 Å². The van der Waals surface area contributed by atoms with Gasteiger partial charge in [-0.15, -0.1) is 11.6 Å². The molecule has 0 aliphatic heterocycles. The maximum Gasteiger partial charge on any atom is 0.340 e. The molecule has 0 saturated heterocycles. The minimum Gasteiger partial charge on any atom is -0.508 e. The Morgan fingerprint density at radius 2 is 2.00 bits per heavy atom. The fourth-order valence-corrected chi connectivity index (χ4v) is 2.08. The Morgan fingerprint density at radius 1 is 1.23 bits per heavy atom. The van der Waals surface area contributed by atoms with Crippen LogP contribution in [0.15, 0.2) is 42.5 Å². The van der Waals surface area contributed by atoms with Crippen molar-refractivity contribution in [3.05, 3.63) is 59.2 Å². The number of alkyl halides is 1. The largest absolute Gasteiger partial charge is 0.508 e. The Labute approximate surface area is 132 Å². The fraction of sp³-hybridized carbons (Fsp3) is 0.125. The van der Waals surface area contributed by atoms with Crippen molar-refractivity contribution in [3.8, 4) is 5.75 Å². The first-order valence-electron chi connectivity index (χ1n) is 6.42. The van der Waals surface area contributed by atoms with E-state index < -0.39 is 5.97 Å². The summed E-state index contributed by atoms with van der Waals surface area (Å²) in [5, 5.41) is 12.1. The van der Waals surface area contributed by atoms with E-state index in [1.165, 1.54) is 25.3 Å². The lowest BCUT2D eigenvalue weighted by Crippen LogP contribution is -2.15. The van der Waals surface area contributed by atoms with Gasteiger partial charge in [0.1, 0.15) is 5.75 Å². The van der Waals surface area contributed by atoms with Crippen LogP contribution in [-0.4, -0.2) is 24.1 Å². The summed E-state index contributed by atoms with van der Waals surface area (Å²) >= 11 is 5.75. The molecule has 2 aromatic carbocycles. The van der Waals surface area contributed by atoms with Crippen LogP contribution in [0.4, 0.5) is 5.69 Å². The second-order valence-electron chi connectivity index (χ2n) is 4.51. The number of hydrogen-bond acceptors (Lipinski definition) is 4. The molecule has 0 aromatic heterocycles. The van der Waals surface area contributed by atoms with Gasteiger partial charge in [0.25, 0.3) is 5.91 Å². The van der Waals surface area contributed by atoms with Crippen molar-refractivity contribution in [2.24, 2.45) is 0 Å². The van der Waals surface area contributed by atoms with Gasteiger partial charge in [0.05, 0.1) is 18.4 Å². The molecule has 2 aromatic rings. The number of aromatic hydroxyl groups is 1. The number of methoxy groups -OCH3 is 1. The van der Waals surface area contributed by atoms with Gasteiger partial charge in [-0.2, -0.15) is 0 Å². The smallest absolute Gasteiger partial charge is 0.340 e. The number of amides is 1. The monoisotopic (exact) mass is 319 g/mol. The predicted molar refractivity (Wildman–Crippen MR) is 83.4 cm³/mol. The maximum absolute atomic E-state index is 12.3. The van der Waals surface area contributed by atoms with Crippen LogP contribution in [0.25, 0.3) is 0 Å². The molecule has 114 valence electrons. The van der Waals surface area contributed by atoms with Crippen molar-refractivity contribution in [3.63, 3.8) is 0 Å². The Balaban J connectivity index is 2.30. The molecule has 1 amide bonds. The molecule has 0 fully saturated rings. The highest BCUT2D eigenvalue weighted by molar-refractivity contribution is 6.17. The molecular weight excluding hydrogens is 306 g/mol. The Bertz CT molecular complexity index is 715. The minimum absolute atomic E-state index is 0.0735. The lowest BCUT2D eigenvalue weighted by Gasteiger charge is -2.10. The number of hydrogen-bond donors (Lipinski definition) is 2. The first-order chi connectivity index (χ1) is 10.5. The number of phenols is 1. The number of esters is 1. The first kappa shape index (κ1) is 15.9. The molecule has 2 rings (SSSR count). The van der Waals surface area contributed by atoms with Crippen LogP contribution in [0, 0.1) is 0 Å². The zero-order valence-electron chi connectivity index (χ0n) is 11.8. The highest BCUT2D eigenvalue weighted by atomic mass is 35.5. The number of carbonyl (C=O) groups is 2. The SMILES string of the molecule is COC(=O)c1cc(O)ccc1NC(=O)c1cccc(CCl)c1. The zero-order valence-corrected chi connectivity index (χ0v) is 12.6. The number of benzene rings is 2. The summed E-state index contributed by atoms with van der Waals surface area (Å²) in [7, 11) is 1.22. The second-order valence-corrected chi connectivity index (χ2v) is 4.78. The first-order valence-corrected chi connectivity index (χ1v) is 6.96. The van der Waals surface area contributed by atoms with Crippen molar-refractivity contribution < 1.29 is 19.4 Å². The molecule has 0 saturated carbocycles. The number of nitrogens with one attached hydrogen (secondary N) is 1. The van der Waals surface area contributed by atoms with Gasteiger partial charge in [-0.05, 0) is 35.9 Å². The van der Waals surface area contributed by atoms with E-state index in [0.29, 0.717) is 11.4 Å². The summed E-state index contributed by atoms with van der Waals surface area (Å²) in [6.45, 7) is 0. The van der Waals surface area contributed by atoms with Crippen molar-refractivity contribution in [2.45, 2.75) is 5.88 Å². The highest BCUT2D eigenvalue weighted by Gasteiger charge is 2.16. The molecule has 0 unspecified atom stereocenters. The molecule has 0 heterocycles. The quantitative estimate of drug-likeness (QED) is 0.515. The van der Waals surface area contributed by atoms with Crippen molar-refractivity contribution in [1.29, 1.82) is 0 Å². The van der Waals surface area contributed by atoms with E-state index in [9.17, 15) is 14.7 Å². The summed E-state index contributed by atoms with van der Waals surface area (Å²) in [6.07, 6.45) is 0. The molecule has 2 N–H and O–H groups in total. The van der Waals surface area contributed by atoms with Crippen molar-refractivity contribution in [2.75, 3.05) is 12.4 Å². The van der Waals surface area contributed by atoms with E-state index in [0.717, 1.165) is 5.56 Å². The minimum atomic E-state index is -0.652. The number of ether oxygens (including phenoxy) is 1. The average Bonchev–Trinajstić information content (AvgIpc) is 2.55. The summed E-state index contributed by atoms with van der Waals surface area (Å²) < 4.78 is 4.64. The number of anilines is 1. The Morgan fingerprint density at radius 3 is 2.68 bits per heavy atom. The van der Waals surface area contributed by atoms with Gasteiger partial charge >= 0.3 is 5.97 Å². The van der Waals surface area contributed by atoms with E-state index in [2.05, 4.69) is 10.1 Å². The Kier molecular flexibility index (Phi) is 5.01. The van der Waals surface area contributed by atoms with Gasteiger partial charge in [0, 0.05) is 11.4 Å². The van der Waals surface area contributed by atoms with Gasteiger partial charge in [-0.3, -0.25) is 4.79 Å². The van der Waals surface area contributed by atoms with E-state index >= 15 is 0 Å². The lowest BCUT2D eigenvalue weighted by molar-refractivity contribution is 0.0601. The van der Waals surface area contributed by atoms with Crippen LogP contribution in [0.3, 0.4) is 0 Å². The van der Waals surface area contributed by atoms with Gasteiger partial charge in [-0.25, -0.2) is 4.79 Å². The maximum atomic E-state index is 12.3. The molecule has 22 heavy (non-hydrogen) atoms. The van der Waals surface area contributed by atoms with Gasteiger partial charge in [-0.1, -0.05) is 12.1 Å². The van der Waals surface area contributed by atoms with Crippen LogP contribution in [0.1, 0.15) is 26.3 Å². The average molecular weight is 320 g/mol. The number of phenolic OH excluding ortho intramolecular Hbond substituents is 1. The molecule has 6 heteroatoms. The third-order valence-electron chi connectivity index (χ3n) is 3.00. The van der Waals surface area contributed by atoms with E-state index in [1.54, 1.807) is 18.2 Å². The molecule has 0 aliphatic rings. The molecule has 0 radical (unpaired) electrons. The van der Waals surface area contributed by atoms with Gasteiger partial charge in [0.2, 0.25) is 0 Å². The van der Waals surface area contributed by atoms with E-state index in [-0.39, 0.29) is 22.9 Å². The molecular formula is C16H14ClNO4. The lowest BCUT2D eigenvalue weighted by atomic mass is 10.1. The van der Waals surface area contributed by atoms with Gasteiger partial charge < -0.3 is 15.2 Å². The second kappa shape index (κ2) is 6.95. The topological polar surface area (TPSA) is 75.6 Å². The zero-order chi connectivity index (χ0) is 16.1. The third-order valence-corrected chi connectivity index (χ3v) is 3.31. The Hall–Kier alpha value is -2.53. The fourth-order valence-electron chi connectivity index (χ4n) is 1.91. The third kappa shape index (κ3) is 3.56. The van der Waals surface area contributed by atoms with Crippen LogP contribution in [0.5, 0.6) is 5.75 Å². The standard InChI is InChI=1S/C16H14ClNO4/c1-22-16(21)13-8-12(19)5-6-14(13)18-15(20)11-4-2-3-10(7-11)9-17/h2-8,19H,9H2,1H3,(H,18,20). The van der Waals surface area contributed by atoms with Crippen molar-refractivity contribution in [1.82, 2.24) is 0 Å². The highest BCUT2D eigenvalue weighted by Crippen LogP contribution is 2.23. The van der Waals surface area contributed by atoms with Crippen LogP contribution in [-0.2, 0) is 10.6 Å². The van der Waals surface area contributed by atoms with Crippen LogP contribution in [0.2, 0.25) is 0 Å². The molecule has 0 aliphatic carbocycles. The number of halogens is 1.